The van der Waals surface area contributed by atoms with Gasteiger partial charge >= 0.3 is 6.18 Å². The van der Waals surface area contributed by atoms with Crippen LogP contribution >= 0.6 is 15.9 Å². The Morgan fingerprint density at radius 1 is 1.09 bits per heavy atom. The molecule has 3 N–H and O–H groups in total. The first-order chi connectivity index (χ1) is 15.7. The Morgan fingerprint density at radius 3 is 2.61 bits per heavy atom. The number of carbonyl (C=O) groups is 1. The van der Waals surface area contributed by atoms with Crippen molar-refractivity contribution in [2.45, 2.75) is 12.7 Å². The van der Waals surface area contributed by atoms with Crippen LogP contribution in [0.5, 0.6) is 0 Å². The van der Waals surface area contributed by atoms with Gasteiger partial charge in [-0.25, -0.2) is 4.98 Å². The second kappa shape index (κ2) is 8.80. The van der Waals surface area contributed by atoms with E-state index in [-0.39, 0.29) is 23.4 Å². The molecule has 4 rings (SSSR count). The molecule has 0 aliphatic heterocycles. The van der Waals surface area contributed by atoms with E-state index in [1.54, 1.807) is 30.3 Å². The summed E-state index contributed by atoms with van der Waals surface area (Å²) in [4.78, 5) is 30.0. The summed E-state index contributed by atoms with van der Waals surface area (Å²) in [6.45, 7) is 0.113. The average Bonchev–Trinajstić information content (AvgIpc) is 2.78. The van der Waals surface area contributed by atoms with E-state index in [4.69, 9.17) is 5.73 Å². The standard InChI is InChI=1S/C23H16BrF3N4O2/c24-16-5-7-18-19(9-16)29-12-31(22(18)33)20-10-17(6-4-14(20)11-28)30-21(32)13-2-1-3-15(8-13)23(25,26)27/h1-10,12H,11,28H2,(H,30,32). The summed E-state index contributed by atoms with van der Waals surface area (Å²) in [6.07, 6.45) is -3.20. The SMILES string of the molecule is NCc1ccc(NC(=O)c2cccc(C(F)(F)F)c2)cc1-n1cnc2cc(Br)ccc2c1=O. The van der Waals surface area contributed by atoms with Crippen LogP contribution in [0.25, 0.3) is 16.6 Å². The highest BCUT2D eigenvalue weighted by atomic mass is 79.9. The lowest BCUT2D eigenvalue weighted by molar-refractivity contribution is -0.137. The zero-order valence-corrected chi connectivity index (χ0v) is 18.4. The maximum absolute atomic E-state index is 13.1. The fourth-order valence-corrected chi connectivity index (χ4v) is 3.69. The van der Waals surface area contributed by atoms with Crippen LogP contribution in [0.4, 0.5) is 18.9 Å². The van der Waals surface area contributed by atoms with Gasteiger partial charge in [0.25, 0.3) is 11.5 Å². The van der Waals surface area contributed by atoms with E-state index in [0.717, 1.165) is 16.6 Å². The Bertz CT molecular complexity index is 1430. The molecule has 0 atom stereocenters. The highest BCUT2D eigenvalue weighted by Gasteiger charge is 2.30. The van der Waals surface area contributed by atoms with Gasteiger partial charge in [0, 0.05) is 22.3 Å². The summed E-state index contributed by atoms with van der Waals surface area (Å²) in [7, 11) is 0. The van der Waals surface area contributed by atoms with Gasteiger partial charge in [-0.2, -0.15) is 13.2 Å². The van der Waals surface area contributed by atoms with Gasteiger partial charge in [-0.3, -0.25) is 14.2 Å². The summed E-state index contributed by atoms with van der Waals surface area (Å²) in [5.74, 6) is -0.721. The minimum absolute atomic E-state index is 0.113. The molecule has 0 saturated heterocycles. The van der Waals surface area contributed by atoms with E-state index < -0.39 is 17.6 Å². The second-order valence-electron chi connectivity index (χ2n) is 7.16. The lowest BCUT2D eigenvalue weighted by atomic mass is 10.1. The van der Waals surface area contributed by atoms with Crippen LogP contribution in [0.1, 0.15) is 21.5 Å². The highest BCUT2D eigenvalue weighted by Crippen LogP contribution is 2.30. The Morgan fingerprint density at radius 2 is 1.88 bits per heavy atom. The third-order valence-corrected chi connectivity index (χ3v) is 5.49. The van der Waals surface area contributed by atoms with Crippen molar-refractivity contribution in [2.75, 3.05) is 5.32 Å². The second-order valence-corrected chi connectivity index (χ2v) is 8.08. The molecule has 33 heavy (non-hydrogen) atoms. The van der Waals surface area contributed by atoms with E-state index in [9.17, 15) is 22.8 Å². The topological polar surface area (TPSA) is 90.0 Å². The number of nitrogens with one attached hydrogen (secondary N) is 1. The molecule has 4 aromatic rings. The molecule has 3 aromatic carbocycles. The molecule has 0 fully saturated rings. The van der Waals surface area contributed by atoms with Gasteiger partial charge in [-0.1, -0.05) is 28.1 Å². The molecular weight excluding hydrogens is 501 g/mol. The maximum Gasteiger partial charge on any atom is 0.416 e. The number of fused-ring (bicyclic) bond motifs is 1. The van der Waals surface area contributed by atoms with Crippen molar-refractivity contribution in [3.05, 3.63) is 98.5 Å². The molecule has 168 valence electrons. The Balaban J connectivity index is 1.72. The van der Waals surface area contributed by atoms with Crippen molar-refractivity contribution in [1.82, 2.24) is 9.55 Å². The molecule has 1 heterocycles. The normalized spacial score (nSPS) is 11.5. The van der Waals surface area contributed by atoms with Crippen molar-refractivity contribution < 1.29 is 18.0 Å². The zero-order valence-electron chi connectivity index (χ0n) is 16.9. The number of nitrogens with two attached hydrogens (primary N) is 1. The van der Waals surface area contributed by atoms with Crippen LogP contribution in [0.2, 0.25) is 0 Å². The number of carbonyl (C=O) groups excluding carboxylic acids is 1. The van der Waals surface area contributed by atoms with Gasteiger partial charge in [-0.15, -0.1) is 0 Å². The summed E-state index contributed by atoms with van der Waals surface area (Å²) >= 11 is 3.34. The number of halogens is 4. The number of anilines is 1. The number of alkyl halides is 3. The summed E-state index contributed by atoms with van der Waals surface area (Å²) < 4.78 is 41.0. The molecule has 0 aliphatic carbocycles. The third kappa shape index (κ3) is 4.67. The number of nitrogens with zero attached hydrogens (tertiary/aromatic N) is 2. The average molecular weight is 517 g/mol. The van der Waals surface area contributed by atoms with Crippen molar-refractivity contribution in [3.8, 4) is 5.69 Å². The van der Waals surface area contributed by atoms with E-state index in [2.05, 4.69) is 26.2 Å². The summed E-state index contributed by atoms with van der Waals surface area (Å²) in [6, 6.07) is 13.9. The minimum atomic E-state index is -4.56. The van der Waals surface area contributed by atoms with Gasteiger partial charge in [0.1, 0.15) is 6.33 Å². The van der Waals surface area contributed by atoms with Crippen molar-refractivity contribution in [2.24, 2.45) is 5.73 Å². The van der Waals surface area contributed by atoms with Gasteiger partial charge < -0.3 is 11.1 Å². The maximum atomic E-state index is 13.1. The van der Waals surface area contributed by atoms with Crippen LogP contribution in [0.15, 0.2) is 76.3 Å². The van der Waals surface area contributed by atoms with E-state index in [1.807, 2.05) is 0 Å². The molecule has 0 saturated carbocycles. The molecule has 0 radical (unpaired) electrons. The first kappa shape index (κ1) is 22.7. The van der Waals surface area contributed by atoms with Crippen LogP contribution in [0, 0.1) is 0 Å². The molecule has 0 bridgehead atoms. The monoisotopic (exact) mass is 516 g/mol. The lowest BCUT2D eigenvalue weighted by Crippen LogP contribution is -2.21. The molecule has 0 spiro atoms. The van der Waals surface area contributed by atoms with Crippen molar-refractivity contribution in [1.29, 1.82) is 0 Å². The van der Waals surface area contributed by atoms with Crippen molar-refractivity contribution >= 4 is 38.4 Å². The third-order valence-electron chi connectivity index (χ3n) is 5.00. The van der Waals surface area contributed by atoms with Crippen molar-refractivity contribution in [3.63, 3.8) is 0 Å². The number of hydrogen-bond acceptors (Lipinski definition) is 4. The molecule has 1 aromatic heterocycles. The first-order valence-electron chi connectivity index (χ1n) is 9.66. The fraction of sp³-hybridized carbons (Fsp3) is 0.0870. The minimum Gasteiger partial charge on any atom is -0.326 e. The molecule has 6 nitrogen and oxygen atoms in total. The smallest absolute Gasteiger partial charge is 0.326 e. The fourth-order valence-electron chi connectivity index (χ4n) is 3.34. The number of rotatable bonds is 4. The van der Waals surface area contributed by atoms with Gasteiger partial charge in [-0.05, 0) is 54.1 Å². The van der Waals surface area contributed by atoms with Gasteiger partial charge in [0.15, 0.2) is 0 Å². The quantitative estimate of drug-likeness (QED) is 0.404. The van der Waals surface area contributed by atoms with Crippen LogP contribution in [-0.4, -0.2) is 15.5 Å². The first-order valence-corrected chi connectivity index (χ1v) is 10.5. The van der Waals surface area contributed by atoms with Crippen LogP contribution in [-0.2, 0) is 12.7 Å². The molecule has 0 unspecified atom stereocenters. The molecule has 0 aliphatic rings. The van der Waals surface area contributed by atoms with E-state index in [0.29, 0.717) is 22.2 Å². The Hall–Kier alpha value is -3.50. The van der Waals surface area contributed by atoms with Gasteiger partial charge in [0.05, 0.1) is 22.2 Å². The molecule has 1 amide bonds. The number of benzene rings is 3. The lowest BCUT2D eigenvalue weighted by Gasteiger charge is -2.14. The molecule has 10 heteroatoms. The highest BCUT2D eigenvalue weighted by molar-refractivity contribution is 9.10. The predicted octanol–water partition coefficient (Wildman–Crippen LogP) is 4.88. The molecular formula is C23H16BrF3N4O2. The van der Waals surface area contributed by atoms with Crippen LogP contribution < -0.4 is 16.6 Å². The largest absolute Gasteiger partial charge is 0.416 e. The Labute approximate surface area is 194 Å². The van der Waals surface area contributed by atoms with Gasteiger partial charge in [0.2, 0.25) is 0 Å². The zero-order chi connectivity index (χ0) is 23.8. The van der Waals surface area contributed by atoms with E-state index in [1.165, 1.54) is 29.1 Å². The Kier molecular flexibility index (Phi) is 6.05. The van der Waals surface area contributed by atoms with Crippen LogP contribution in [0.3, 0.4) is 0 Å². The summed E-state index contributed by atoms with van der Waals surface area (Å²) in [5.41, 5.74) is 6.25. The number of aromatic nitrogens is 2. The predicted molar refractivity (Wildman–Crippen MR) is 122 cm³/mol. The summed E-state index contributed by atoms with van der Waals surface area (Å²) in [5, 5.41) is 2.96. The number of hydrogen-bond donors (Lipinski definition) is 2. The number of amides is 1. The van der Waals surface area contributed by atoms with E-state index >= 15 is 0 Å².